The molecule has 0 aliphatic carbocycles. The van der Waals surface area contributed by atoms with Crippen molar-refractivity contribution >= 4 is 11.6 Å². The van der Waals surface area contributed by atoms with E-state index in [1.54, 1.807) is 37.3 Å². The maximum Gasteiger partial charge on any atom is 0.247 e. The molecule has 0 fully saturated rings. The number of amides is 1. The third-order valence-electron chi connectivity index (χ3n) is 3.55. The summed E-state index contributed by atoms with van der Waals surface area (Å²) in [6, 6.07) is 12.4. The predicted molar refractivity (Wildman–Crippen MR) is 89.1 cm³/mol. The molecular formula is C18H16FN3O3. The average molecular weight is 341 g/mol. The zero-order chi connectivity index (χ0) is 17.8. The fourth-order valence-electron chi connectivity index (χ4n) is 2.33. The second-order valence-electron chi connectivity index (χ2n) is 5.53. The van der Waals surface area contributed by atoms with Crippen LogP contribution >= 0.6 is 0 Å². The van der Waals surface area contributed by atoms with E-state index >= 15 is 0 Å². The Hall–Kier alpha value is -3.06. The number of nitrogens with one attached hydrogen (secondary N) is 1. The van der Waals surface area contributed by atoms with Gasteiger partial charge < -0.3 is 14.8 Å². The van der Waals surface area contributed by atoms with Crippen molar-refractivity contribution in [1.29, 1.82) is 0 Å². The van der Waals surface area contributed by atoms with Gasteiger partial charge in [0.2, 0.25) is 17.7 Å². The molecule has 0 saturated carbocycles. The van der Waals surface area contributed by atoms with Gasteiger partial charge in [-0.2, -0.15) is 0 Å². The first-order valence-electron chi connectivity index (χ1n) is 7.65. The Morgan fingerprint density at radius 3 is 2.64 bits per heavy atom. The first-order chi connectivity index (χ1) is 12.0. The minimum Gasteiger partial charge on any atom is -0.421 e. The van der Waals surface area contributed by atoms with E-state index in [1.807, 2.05) is 0 Å². The molecule has 6 nitrogen and oxygen atoms in total. The van der Waals surface area contributed by atoms with Gasteiger partial charge in [-0.25, -0.2) is 4.39 Å². The van der Waals surface area contributed by atoms with Crippen LogP contribution in [0.1, 0.15) is 24.0 Å². The number of halogens is 1. The van der Waals surface area contributed by atoms with Crippen LogP contribution in [0.5, 0.6) is 0 Å². The molecule has 0 saturated heterocycles. The highest BCUT2D eigenvalue weighted by Crippen LogP contribution is 2.21. The summed E-state index contributed by atoms with van der Waals surface area (Å²) in [7, 11) is 0. The molecule has 1 amide bonds. The normalized spacial score (nSPS) is 12.0. The Morgan fingerprint density at radius 2 is 2.00 bits per heavy atom. The smallest absolute Gasteiger partial charge is 0.247 e. The summed E-state index contributed by atoms with van der Waals surface area (Å²) >= 11 is 0. The molecular weight excluding hydrogens is 325 g/mol. The van der Waals surface area contributed by atoms with Crippen LogP contribution in [0.25, 0.3) is 11.5 Å². The van der Waals surface area contributed by atoms with Crippen LogP contribution in [0.3, 0.4) is 0 Å². The zero-order valence-electron chi connectivity index (χ0n) is 13.4. The highest BCUT2D eigenvalue weighted by atomic mass is 19.1. The average Bonchev–Trinajstić information content (AvgIpc) is 3.02. The summed E-state index contributed by atoms with van der Waals surface area (Å²) in [5.41, 5.74) is 1.66. The monoisotopic (exact) mass is 341 g/mol. The van der Waals surface area contributed by atoms with Gasteiger partial charge in [-0.05, 0) is 42.0 Å². The zero-order valence-corrected chi connectivity index (χ0v) is 13.4. The number of carbonyl (C=O) groups is 1. The fourth-order valence-corrected chi connectivity index (χ4v) is 2.33. The van der Waals surface area contributed by atoms with Crippen LogP contribution in [0.2, 0.25) is 0 Å². The largest absolute Gasteiger partial charge is 0.421 e. The number of aromatic nitrogens is 2. The van der Waals surface area contributed by atoms with Gasteiger partial charge in [0, 0.05) is 18.2 Å². The third kappa shape index (κ3) is 4.27. The van der Waals surface area contributed by atoms with Gasteiger partial charge in [-0.15, -0.1) is 10.2 Å². The Morgan fingerprint density at radius 1 is 1.24 bits per heavy atom. The topological polar surface area (TPSA) is 88.2 Å². The molecule has 0 aliphatic heterocycles. The molecule has 1 unspecified atom stereocenters. The van der Waals surface area contributed by atoms with Gasteiger partial charge in [0.1, 0.15) is 5.82 Å². The quantitative estimate of drug-likeness (QED) is 0.744. The second-order valence-corrected chi connectivity index (χ2v) is 5.53. The number of rotatable bonds is 5. The second kappa shape index (κ2) is 7.23. The molecule has 0 aliphatic rings. The van der Waals surface area contributed by atoms with E-state index in [0.29, 0.717) is 23.0 Å². The summed E-state index contributed by atoms with van der Waals surface area (Å²) in [4.78, 5) is 12.0. The number of nitrogens with zero attached hydrogens (tertiary/aromatic N) is 2. The molecule has 1 aromatic heterocycles. The first-order valence-corrected chi connectivity index (χ1v) is 7.65. The van der Waals surface area contributed by atoms with Gasteiger partial charge in [-0.3, -0.25) is 4.79 Å². The molecule has 128 valence electrons. The fraction of sp³-hybridized carbons (Fsp3) is 0.167. The van der Waals surface area contributed by atoms with E-state index < -0.39 is 11.9 Å². The first kappa shape index (κ1) is 16.8. The van der Waals surface area contributed by atoms with E-state index in [4.69, 9.17) is 4.42 Å². The molecule has 2 N–H and O–H groups in total. The van der Waals surface area contributed by atoms with Gasteiger partial charge in [-0.1, -0.05) is 12.1 Å². The lowest BCUT2D eigenvalue weighted by molar-refractivity contribution is -0.118. The van der Waals surface area contributed by atoms with Crippen molar-refractivity contribution in [2.24, 2.45) is 0 Å². The number of aliphatic hydroxyl groups is 1. The van der Waals surface area contributed by atoms with Gasteiger partial charge >= 0.3 is 0 Å². The van der Waals surface area contributed by atoms with Gasteiger partial charge in [0.05, 0.1) is 12.5 Å². The van der Waals surface area contributed by atoms with Crippen LogP contribution in [0.4, 0.5) is 10.1 Å². The Labute approximate surface area is 143 Å². The van der Waals surface area contributed by atoms with Crippen LogP contribution in [0, 0.1) is 12.7 Å². The summed E-state index contributed by atoms with van der Waals surface area (Å²) in [5, 5.41) is 20.4. The molecule has 2 aromatic carbocycles. The summed E-state index contributed by atoms with van der Waals surface area (Å²) in [6.45, 7) is 1.70. The number of carbonyl (C=O) groups excluding carboxylic acids is 1. The SMILES string of the molecule is Cc1nnc(-c2ccc(NC(=O)CC(O)c3cccc(F)c3)cc2)o1. The summed E-state index contributed by atoms with van der Waals surface area (Å²) in [6.07, 6.45) is -1.25. The van der Waals surface area contributed by atoms with E-state index in [-0.39, 0.29) is 12.3 Å². The standard InChI is InChI=1S/C18H16FN3O3/c1-11-21-22-18(25-11)12-5-7-15(8-6-12)20-17(24)10-16(23)13-3-2-4-14(19)9-13/h2-9,16,23H,10H2,1H3,(H,20,24). The van der Waals surface area contributed by atoms with Crippen molar-refractivity contribution in [3.8, 4) is 11.5 Å². The minimum atomic E-state index is -1.07. The van der Waals surface area contributed by atoms with Crippen LogP contribution < -0.4 is 5.32 Å². The molecule has 3 aromatic rings. The number of aryl methyl sites for hydroxylation is 1. The number of benzene rings is 2. The van der Waals surface area contributed by atoms with Crippen molar-refractivity contribution < 1.29 is 18.7 Å². The predicted octanol–water partition coefficient (Wildman–Crippen LogP) is 3.25. The lowest BCUT2D eigenvalue weighted by Crippen LogP contribution is -2.15. The molecule has 0 radical (unpaired) electrons. The molecule has 1 atom stereocenters. The lowest BCUT2D eigenvalue weighted by Gasteiger charge is -2.11. The van der Waals surface area contributed by atoms with Crippen molar-refractivity contribution in [2.45, 2.75) is 19.4 Å². The molecule has 0 spiro atoms. The van der Waals surface area contributed by atoms with E-state index in [9.17, 15) is 14.3 Å². The molecule has 25 heavy (non-hydrogen) atoms. The lowest BCUT2D eigenvalue weighted by atomic mass is 10.1. The molecule has 1 heterocycles. The minimum absolute atomic E-state index is 0.173. The van der Waals surface area contributed by atoms with Crippen molar-refractivity contribution in [3.63, 3.8) is 0 Å². The number of anilines is 1. The number of hydrogen-bond acceptors (Lipinski definition) is 5. The van der Waals surface area contributed by atoms with E-state index in [0.717, 1.165) is 5.56 Å². The van der Waals surface area contributed by atoms with Crippen LogP contribution in [-0.2, 0) is 4.79 Å². The van der Waals surface area contributed by atoms with E-state index in [1.165, 1.54) is 18.2 Å². The number of aliphatic hydroxyl groups excluding tert-OH is 1. The Balaban J connectivity index is 1.61. The van der Waals surface area contributed by atoms with Crippen LogP contribution in [0.15, 0.2) is 52.9 Å². The third-order valence-corrected chi connectivity index (χ3v) is 3.55. The Bertz CT molecular complexity index is 877. The molecule has 7 heteroatoms. The molecule has 3 rings (SSSR count). The highest BCUT2D eigenvalue weighted by molar-refractivity contribution is 5.91. The maximum absolute atomic E-state index is 13.2. The van der Waals surface area contributed by atoms with Gasteiger partial charge in [0.15, 0.2) is 0 Å². The molecule has 0 bridgehead atoms. The van der Waals surface area contributed by atoms with Gasteiger partial charge in [0.25, 0.3) is 0 Å². The van der Waals surface area contributed by atoms with Crippen molar-refractivity contribution in [3.05, 3.63) is 65.8 Å². The number of hydrogen-bond donors (Lipinski definition) is 2. The van der Waals surface area contributed by atoms with E-state index in [2.05, 4.69) is 15.5 Å². The van der Waals surface area contributed by atoms with Crippen molar-refractivity contribution in [2.75, 3.05) is 5.32 Å². The highest BCUT2D eigenvalue weighted by Gasteiger charge is 2.14. The van der Waals surface area contributed by atoms with Crippen LogP contribution in [-0.4, -0.2) is 21.2 Å². The summed E-state index contributed by atoms with van der Waals surface area (Å²) < 4.78 is 18.5. The van der Waals surface area contributed by atoms with Crippen molar-refractivity contribution in [1.82, 2.24) is 10.2 Å². The summed E-state index contributed by atoms with van der Waals surface area (Å²) in [5.74, 6) is 0.0394. The maximum atomic E-state index is 13.2. The Kier molecular flexibility index (Phi) is 4.85.